The fourth-order valence-corrected chi connectivity index (χ4v) is 10.7. The zero-order chi connectivity index (χ0) is 36.3. The van der Waals surface area contributed by atoms with Crippen molar-refractivity contribution in [3.8, 4) is 33.4 Å². The molecule has 2 aromatic heterocycles. The van der Waals surface area contributed by atoms with Gasteiger partial charge in [0.1, 0.15) is 0 Å². The van der Waals surface area contributed by atoms with Gasteiger partial charge in [0.05, 0.1) is 0 Å². The van der Waals surface area contributed by atoms with Crippen LogP contribution < -0.4 is 4.90 Å². The van der Waals surface area contributed by atoms with Crippen molar-refractivity contribution in [2.75, 3.05) is 4.90 Å². The molecule has 2 heterocycles. The lowest BCUT2D eigenvalue weighted by molar-refractivity contribution is 1.28. The number of rotatable bonds is 6. The summed E-state index contributed by atoms with van der Waals surface area (Å²) < 4.78 is 5.29. The van der Waals surface area contributed by atoms with Crippen molar-refractivity contribution < 1.29 is 0 Å². The van der Waals surface area contributed by atoms with E-state index in [2.05, 4.69) is 205 Å². The van der Waals surface area contributed by atoms with Gasteiger partial charge in [0.2, 0.25) is 0 Å². The predicted octanol–water partition coefficient (Wildman–Crippen LogP) is 16.0. The number of hydrogen-bond acceptors (Lipinski definition) is 3. The van der Waals surface area contributed by atoms with Gasteiger partial charge in [-0.1, -0.05) is 146 Å². The number of nitrogens with zero attached hydrogens (tertiary/aromatic N) is 1. The minimum absolute atomic E-state index is 1.11. The SMILES string of the molecule is c1cc(-c2cccc3sc4ccccc4c23)cc(N(c2ccc(-c3cccc4ccccc34)cc2)c2ccc(-c3cccc4c3sc3ccccc34)cc2)c1. The molecule has 0 atom stereocenters. The standard InChI is InChI=1S/C52H33NS2/c1-2-15-41-34(11-1)12-8-18-42(41)35-25-29-38(30-26-35)53(39-31-27-36(28-32-39)44-20-9-21-46-45-16-3-5-22-48(45)55-52(44)46)40-14-7-13-37(33-40)43-19-10-24-50-51(43)47-17-4-6-23-49(47)54-50/h1-33H. The van der Waals surface area contributed by atoms with Gasteiger partial charge in [0.25, 0.3) is 0 Å². The largest absolute Gasteiger partial charge is 0.310 e. The molecule has 0 fully saturated rings. The fourth-order valence-electron chi connectivity index (χ4n) is 8.31. The number of benzene rings is 9. The van der Waals surface area contributed by atoms with E-state index in [9.17, 15) is 0 Å². The average Bonchev–Trinajstić information content (AvgIpc) is 3.83. The van der Waals surface area contributed by atoms with E-state index < -0.39 is 0 Å². The lowest BCUT2D eigenvalue weighted by Crippen LogP contribution is -2.10. The second kappa shape index (κ2) is 13.1. The van der Waals surface area contributed by atoms with Gasteiger partial charge >= 0.3 is 0 Å². The Bertz CT molecular complexity index is 3200. The number of anilines is 3. The average molecular weight is 736 g/mol. The van der Waals surface area contributed by atoms with E-state index in [4.69, 9.17) is 0 Å². The molecule has 0 spiro atoms. The van der Waals surface area contributed by atoms with Crippen LogP contribution >= 0.6 is 22.7 Å². The van der Waals surface area contributed by atoms with Crippen molar-refractivity contribution in [2.45, 2.75) is 0 Å². The lowest BCUT2D eigenvalue weighted by atomic mass is 9.97. The Labute approximate surface area is 327 Å². The first-order chi connectivity index (χ1) is 27.3. The summed E-state index contributed by atoms with van der Waals surface area (Å²) in [5.74, 6) is 0. The summed E-state index contributed by atoms with van der Waals surface area (Å²) in [6, 6.07) is 73.4. The van der Waals surface area contributed by atoms with E-state index in [1.807, 2.05) is 22.7 Å². The van der Waals surface area contributed by atoms with Gasteiger partial charge in [-0.15, -0.1) is 22.7 Å². The molecule has 0 aliphatic rings. The molecule has 0 N–H and O–H groups in total. The van der Waals surface area contributed by atoms with Gasteiger partial charge in [-0.3, -0.25) is 0 Å². The molecule has 9 aromatic carbocycles. The minimum atomic E-state index is 1.11. The molecule has 11 rings (SSSR count). The van der Waals surface area contributed by atoms with Crippen molar-refractivity contribution in [3.63, 3.8) is 0 Å². The Balaban J connectivity index is 1.05. The minimum Gasteiger partial charge on any atom is -0.310 e. The van der Waals surface area contributed by atoms with Gasteiger partial charge < -0.3 is 4.90 Å². The molecule has 0 amide bonds. The molecular formula is C52H33NS2. The fraction of sp³-hybridized carbons (Fsp3) is 0. The van der Waals surface area contributed by atoms with Gasteiger partial charge in [0.15, 0.2) is 0 Å². The Morgan fingerprint density at radius 1 is 0.309 bits per heavy atom. The van der Waals surface area contributed by atoms with Crippen LogP contribution in [0.25, 0.3) is 84.5 Å². The third-order valence-corrected chi connectivity index (χ3v) is 13.2. The van der Waals surface area contributed by atoms with Crippen molar-refractivity contribution in [2.24, 2.45) is 0 Å². The molecule has 0 unspecified atom stereocenters. The number of fused-ring (bicyclic) bond motifs is 7. The molecule has 3 heteroatoms. The highest BCUT2D eigenvalue weighted by Gasteiger charge is 2.17. The van der Waals surface area contributed by atoms with Crippen LogP contribution in [0.5, 0.6) is 0 Å². The maximum Gasteiger partial charge on any atom is 0.0467 e. The third kappa shape index (κ3) is 5.43. The van der Waals surface area contributed by atoms with Crippen molar-refractivity contribution in [1.29, 1.82) is 0 Å². The van der Waals surface area contributed by atoms with Gasteiger partial charge in [-0.25, -0.2) is 0 Å². The molecule has 258 valence electrons. The summed E-state index contributed by atoms with van der Waals surface area (Å²) in [5, 5.41) is 7.80. The molecule has 0 bridgehead atoms. The van der Waals surface area contributed by atoms with Crippen LogP contribution in [0.4, 0.5) is 17.1 Å². The summed E-state index contributed by atoms with van der Waals surface area (Å²) in [4.78, 5) is 2.39. The van der Waals surface area contributed by atoms with Crippen molar-refractivity contribution in [3.05, 3.63) is 200 Å². The van der Waals surface area contributed by atoms with Crippen LogP contribution in [0, 0.1) is 0 Å². The molecule has 0 saturated carbocycles. The first kappa shape index (κ1) is 32.0. The van der Waals surface area contributed by atoms with E-state index in [-0.39, 0.29) is 0 Å². The first-order valence-electron chi connectivity index (χ1n) is 18.7. The highest BCUT2D eigenvalue weighted by Crippen LogP contribution is 2.44. The Hall–Kier alpha value is -6.52. The third-order valence-electron chi connectivity index (χ3n) is 10.9. The lowest BCUT2D eigenvalue weighted by Gasteiger charge is -2.26. The summed E-state index contributed by atoms with van der Waals surface area (Å²) in [5.41, 5.74) is 10.7. The van der Waals surface area contributed by atoms with Crippen LogP contribution in [0.3, 0.4) is 0 Å². The van der Waals surface area contributed by atoms with Crippen molar-refractivity contribution in [1.82, 2.24) is 0 Å². The Morgan fingerprint density at radius 3 is 1.65 bits per heavy atom. The molecule has 0 radical (unpaired) electrons. The number of thiophene rings is 2. The van der Waals surface area contributed by atoms with Crippen LogP contribution in [0.15, 0.2) is 200 Å². The molecule has 11 aromatic rings. The molecule has 0 saturated heterocycles. The van der Waals surface area contributed by atoms with Gasteiger partial charge in [-0.2, -0.15) is 0 Å². The highest BCUT2D eigenvalue weighted by atomic mass is 32.1. The van der Waals surface area contributed by atoms with E-state index in [0.29, 0.717) is 0 Å². The van der Waals surface area contributed by atoms with E-state index in [1.165, 1.54) is 84.5 Å². The normalized spacial score (nSPS) is 11.6. The smallest absolute Gasteiger partial charge is 0.0467 e. The summed E-state index contributed by atoms with van der Waals surface area (Å²) in [6.45, 7) is 0. The summed E-state index contributed by atoms with van der Waals surface area (Å²) >= 11 is 3.75. The monoisotopic (exact) mass is 735 g/mol. The van der Waals surface area contributed by atoms with E-state index in [1.54, 1.807) is 0 Å². The zero-order valence-electron chi connectivity index (χ0n) is 29.8. The van der Waals surface area contributed by atoms with Crippen LogP contribution in [0.1, 0.15) is 0 Å². The summed E-state index contributed by atoms with van der Waals surface area (Å²) in [6.07, 6.45) is 0. The van der Waals surface area contributed by atoms with Crippen LogP contribution in [0.2, 0.25) is 0 Å². The van der Waals surface area contributed by atoms with Crippen molar-refractivity contribution >= 4 is 90.9 Å². The second-order valence-electron chi connectivity index (χ2n) is 14.1. The second-order valence-corrected chi connectivity index (χ2v) is 16.2. The Kier molecular flexibility index (Phi) is 7.61. The summed E-state index contributed by atoms with van der Waals surface area (Å²) in [7, 11) is 0. The Morgan fingerprint density at radius 2 is 0.855 bits per heavy atom. The number of hydrogen-bond donors (Lipinski definition) is 0. The maximum atomic E-state index is 2.39. The topological polar surface area (TPSA) is 3.24 Å². The van der Waals surface area contributed by atoms with E-state index >= 15 is 0 Å². The molecule has 0 aliphatic carbocycles. The van der Waals surface area contributed by atoms with Gasteiger partial charge in [-0.05, 0) is 98.8 Å². The molecule has 55 heavy (non-hydrogen) atoms. The maximum absolute atomic E-state index is 2.39. The van der Waals surface area contributed by atoms with E-state index in [0.717, 1.165) is 17.1 Å². The predicted molar refractivity (Wildman–Crippen MR) is 241 cm³/mol. The molecule has 0 aliphatic heterocycles. The van der Waals surface area contributed by atoms with Gasteiger partial charge in [0, 0.05) is 57.4 Å². The first-order valence-corrected chi connectivity index (χ1v) is 20.3. The molecule has 1 nitrogen and oxygen atoms in total. The van der Waals surface area contributed by atoms with Crippen LogP contribution in [-0.2, 0) is 0 Å². The zero-order valence-corrected chi connectivity index (χ0v) is 31.4. The molecular weight excluding hydrogens is 703 g/mol. The quantitative estimate of drug-likeness (QED) is 0.164. The highest BCUT2D eigenvalue weighted by molar-refractivity contribution is 7.26. The van der Waals surface area contributed by atoms with Crippen LogP contribution in [-0.4, -0.2) is 0 Å².